The van der Waals surface area contributed by atoms with Crippen molar-refractivity contribution in [2.24, 2.45) is 11.3 Å². The van der Waals surface area contributed by atoms with E-state index in [1.165, 1.54) is 12.8 Å². The predicted octanol–water partition coefficient (Wildman–Crippen LogP) is 3.67. The molecule has 0 N–H and O–H groups in total. The maximum atomic E-state index is 9.17. The SMILES string of the molecule is C/C=C/CC1(C#N)CCC(CC)C1. The van der Waals surface area contributed by atoms with Crippen LogP contribution in [-0.2, 0) is 0 Å². The van der Waals surface area contributed by atoms with Gasteiger partial charge in [-0.1, -0.05) is 25.5 Å². The molecule has 0 heterocycles. The van der Waals surface area contributed by atoms with Crippen LogP contribution >= 0.6 is 0 Å². The van der Waals surface area contributed by atoms with Crippen LogP contribution in [0.25, 0.3) is 0 Å². The molecular formula is C12H19N. The molecule has 0 saturated heterocycles. The van der Waals surface area contributed by atoms with Crippen molar-refractivity contribution < 1.29 is 0 Å². The predicted molar refractivity (Wildman–Crippen MR) is 55.1 cm³/mol. The lowest BCUT2D eigenvalue weighted by Gasteiger charge is -2.18. The number of rotatable bonds is 3. The van der Waals surface area contributed by atoms with Crippen LogP contribution < -0.4 is 0 Å². The second-order valence-electron chi connectivity index (χ2n) is 4.18. The molecule has 0 radical (unpaired) electrons. The van der Waals surface area contributed by atoms with Crippen LogP contribution in [0.5, 0.6) is 0 Å². The topological polar surface area (TPSA) is 23.8 Å². The molecule has 1 rings (SSSR count). The molecule has 72 valence electrons. The standard InChI is InChI=1S/C12H19N/c1-3-5-7-12(10-13)8-6-11(4-2)9-12/h3,5,11H,4,6-9H2,1-2H3/b5-3+. The van der Waals surface area contributed by atoms with Gasteiger partial charge in [0.25, 0.3) is 0 Å². The number of nitriles is 1. The Hall–Kier alpha value is -0.770. The van der Waals surface area contributed by atoms with Crippen molar-refractivity contribution in [3.63, 3.8) is 0 Å². The molecule has 1 heteroatoms. The summed E-state index contributed by atoms with van der Waals surface area (Å²) in [6, 6.07) is 2.53. The first-order valence-electron chi connectivity index (χ1n) is 5.29. The van der Waals surface area contributed by atoms with Crippen molar-refractivity contribution in [1.82, 2.24) is 0 Å². The Bertz CT molecular complexity index is 224. The Balaban J connectivity index is 2.58. The van der Waals surface area contributed by atoms with E-state index in [1.54, 1.807) is 0 Å². The zero-order valence-electron chi connectivity index (χ0n) is 8.71. The van der Waals surface area contributed by atoms with E-state index >= 15 is 0 Å². The average molecular weight is 177 g/mol. The summed E-state index contributed by atoms with van der Waals surface area (Å²) in [7, 11) is 0. The van der Waals surface area contributed by atoms with Gasteiger partial charge in [-0.05, 0) is 38.5 Å². The van der Waals surface area contributed by atoms with Gasteiger partial charge in [-0.15, -0.1) is 0 Å². The molecule has 2 unspecified atom stereocenters. The molecular weight excluding hydrogens is 158 g/mol. The summed E-state index contributed by atoms with van der Waals surface area (Å²) >= 11 is 0. The van der Waals surface area contributed by atoms with Crippen molar-refractivity contribution in [2.75, 3.05) is 0 Å². The van der Waals surface area contributed by atoms with Crippen molar-refractivity contribution >= 4 is 0 Å². The van der Waals surface area contributed by atoms with Gasteiger partial charge in [0.15, 0.2) is 0 Å². The Morgan fingerprint density at radius 2 is 2.38 bits per heavy atom. The van der Waals surface area contributed by atoms with E-state index in [0.717, 1.165) is 25.2 Å². The zero-order chi connectivity index (χ0) is 9.73. The minimum absolute atomic E-state index is 0.0206. The summed E-state index contributed by atoms with van der Waals surface area (Å²) < 4.78 is 0. The van der Waals surface area contributed by atoms with Gasteiger partial charge in [-0.2, -0.15) is 5.26 Å². The third-order valence-electron chi connectivity index (χ3n) is 3.27. The quantitative estimate of drug-likeness (QED) is 0.603. The van der Waals surface area contributed by atoms with Gasteiger partial charge in [-0.3, -0.25) is 0 Å². The van der Waals surface area contributed by atoms with Gasteiger partial charge >= 0.3 is 0 Å². The second kappa shape index (κ2) is 4.46. The molecule has 0 amide bonds. The number of hydrogen-bond acceptors (Lipinski definition) is 1. The summed E-state index contributed by atoms with van der Waals surface area (Å²) in [5, 5.41) is 9.17. The van der Waals surface area contributed by atoms with Crippen LogP contribution in [0.2, 0.25) is 0 Å². The Morgan fingerprint density at radius 3 is 2.85 bits per heavy atom. The zero-order valence-corrected chi connectivity index (χ0v) is 8.71. The highest BCUT2D eigenvalue weighted by molar-refractivity contribution is 5.07. The van der Waals surface area contributed by atoms with E-state index in [4.69, 9.17) is 0 Å². The summed E-state index contributed by atoms with van der Waals surface area (Å²) in [5.41, 5.74) is -0.0206. The lowest BCUT2D eigenvalue weighted by Crippen LogP contribution is -2.12. The van der Waals surface area contributed by atoms with E-state index in [2.05, 4.69) is 25.1 Å². The fraction of sp³-hybridized carbons (Fsp3) is 0.750. The molecule has 0 aliphatic heterocycles. The molecule has 2 atom stereocenters. The normalized spacial score (nSPS) is 33.8. The fourth-order valence-corrected chi connectivity index (χ4v) is 2.26. The first kappa shape index (κ1) is 10.3. The molecule has 1 fully saturated rings. The lowest BCUT2D eigenvalue weighted by molar-refractivity contribution is 0.388. The highest BCUT2D eigenvalue weighted by Crippen LogP contribution is 2.45. The smallest absolute Gasteiger partial charge is 0.0693 e. The maximum Gasteiger partial charge on any atom is 0.0693 e. The number of allylic oxidation sites excluding steroid dienone is 2. The first-order chi connectivity index (χ1) is 6.26. The number of hydrogen-bond donors (Lipinski definition) is 0. The molecule has 1 saturated carbocycles. The largest absolute Gasteiger partial charge is 0.198 e. The fourth-order valence-electron chi connectivity index (χ4n) is 2.26. The molecule has 0 spiro atoms. The van der Waals surface area contributed by atoms with Crippen LogP contribution in [0.15, 0.2) is 12.2 Å². The van der Waals surface area contributed by atoms with Crippen LogP contribution in [-0.4, -0.2) is 0 Å². The third kappa shape index (κ3) is 2.34. The minimum atomic E-state index is -0.0206. The van der Waals surface area contributed by atoms with Gasteiger partial charge < -0.3 is 0 Å². The second-order valence-corrected chi connectivity index (χ2v) is 4.18. The van der Waals surface area contributed by atoms with Crippen LogP contribution in [0, 0.1) is 22.7 Å². The molecule has 1 aliphatic carbocycles. The van der Waals surface area contributed by atoms with E-state index in [-0.39, 0.29) is 5.41 Å². The molecule has 13 heavy (non-hydrogen) atoms. The molecule has 0 aromatic rings. The summed E-state index contributed by atoms with van der Waals surface area (Å²) in [6.07, 6.45) is 9.85. The summed E-state index contributed by atoms with van der Waals surface area (Å²) in [5.74, 6) is 0.796. The van der Waals surface area contributed by atoms with Crippen LogP contribution in [0.4, 0.5) is 0 Å². The Kier molecular flexibility index (Phi) is 3.54. The van der Waals surface area contributed by atoms with Crippen molar-refractivity contribution in [2.45, 2.75) is 46.0 Å². The Morgan fingerprint density at radius 1 is 1.62 bits per heavy atom. The minimum Gasteiger partial charge on any atom is -0.198 e. The van der Waals surface area contributed by atoms with Crippen LogP contribution in [0.3, 0.4) is 0 Å². The van der Waals surface area contributed by atoms with Crippen molar-refractivity contribution in [3.8, 4) is 6.07 Å². The van der Waals surface area contributed by atoms with Gasteiger partial charge in [0.2, 0.25) is 0 Å². The highest BCUT2D eigenvalue weighted by Gasteiger charge is 2.37. The van der Waals surface area contributed by atoms with Crippen LogP contribution in [0.1, 0.15) is 46.0 Å². The molecule has 0 bridgehead atoms. The molecule has 1 nitrogen and oxygen atoms in total. The van der Waals surface area contributed by atoms with Gasteiger partial charge in [0.1, 0.15) is 0 Å². The molecule has 0 aromatic carbocycles. The Labute approximate surface area is 81.5 Å². The number of nitrogens with zero attached hydrogens (tertiary/aromatic N) is 1. The van der Waals surface area contributed by atoms with E-state index in [1.807, 2.05) is 6.92 Å². The van der Waals surface area contributed by atoms with E-state index in [9.17, 15) is 5.26 Å². The average Bonchev–Trinajstić information content (AvgIpc) is 2.59. The first-order valence-corrected chi connectivity index (χ1v) is 5.29. The maximum absolute atomic E-state index is 9.17. The van der Waals surface area contributed by atoms with E-state index < -0.39 is 0 Å². The van der Waals surface area contributed by atoms with Gasteiger partial charge in [0.05, 0.1) is 11.5 Å². The lowest BCUT2D eigenvalue weighted by atomic mass is 9.83. The highest BCUT2D eigenvalue weighted by atomic mass is 14.4. The van der Waals surface area contributed by atoms with E-state index in [0.29, 0.717) is 0 Å². The van der Waals surface area contributed by atoms with Crippen molar-refractivity contribution in [1.29, 1.82) is 5.26 Å². The van der Waals surface area contributed by atoms with Gasteiger partial charge in [0, 0.05) is 0 Å². The third-order valence-corrected chi connectivity index (χ3v) is 3.27. The summed E-state index contributed by atoms with van der Waals surface area (Å²) in [4.78, 5) is 0. The molecule has 1 aliphatic rings. The van der Waals surface area contributed by atoms with Gasteiger partial charge in [-0.25, -0.2) is 0 Å². The summed E-state index contributed by atoms with van der Waals surface area (Å²) in [6.45, 7) is 4.26. The molecule has 0 aromatic heterocycles. The monoisotopic (exact) mass is 177 g/mol. The van der Waals surface area contributed by atoms with Crippen molar-refractivity contribution in [3.05, 3.63) is 12.2 Å².